The zero-order valence-corrected chi connectivity index (χ0v) is 18.7. The van der Waals surface area contributed by atoms with Crippen LogP contribution in [0, 0.1) is 0 Å². The van der Waals surface area contributed by atoms with Crippen molar-refractivity contribution < 1.29 is 17.7 Å². The highest BCUT2D eigenvalue weighted by Crippen LogP contribution is 2.31. The van der Waals surface area contributed by atoms with Crippen LogP contribution in [-0.4, -0.2) is 35.9 Å². The number of halogens is 3. The Bertz CT molecular complexity index is 1640. The van der Waals surface area contributed by atoms with Gasteiger partial charge in [-0.1, -0.05) is 41.6 Å². The second kappa shape index (κ2) is 8.33. The highest BCUT2D eigenvalue weighted by Gasteiger charge is 2.31. The summed E-state index contributed by atoms with van der Waals surface area (Å²) in [7, 11) is 0. The lowest BCUT2D eigenvalue weighted by atomic mass is 10.00. The van der Waals surface area contributed by atoms with Crippen molar-refractivity contribution in [3.8, 4) is 11.4 Å². The van der Waals surface area contributed by atoms with E-state index in [2.05, 4.69) is 37.3 Å². The molecule has 0 fully saturated rings. The first-order valence-electron chi connectivity index (χ1n) is 11.1. The Kier molecular flexibility index (Phi) is 5.09. The SMILES string of the molecule is O=c1n(Cc2nc(-c3cccc(C(F)(F)F)c3)no2)nc2c(N3CCc4ccccc4C3)nccn12. The Morgan fingerprint density at radius 3 is 2.72 bits per heavy atom. The minimum absolute atomic E-state index is 0.0118. The van der Waals surface area contributed by atoms with Crippen LogP contribution in [0.2, 0.25) is 0 Å². The molecule has 0 saturated carbocycles. The summed E-state index contributed by atoms with van der Waals surface area (Å²) in [6.07, 6.45) is -0.558. The molecular weight excluding hydrogens is 475 g/mol. The second-order valence-electron chi connectivity index (χ2n) is 8.42. The highest BCUT2D eigenvalue weighted by atomic mass is 19.4. The fourth-order valence-electron chi connectivity index (χ4n) is 4.34. The maximum Gasteiger partial charge on any atom is 0.416 e. The Labute approximate surface area is 201 Å². The molecule has 12 heteroatoms. The van der Waals surface area contributed by atoms with E-state index >= 15 is 0 Å². The number of aromatic nitrogens is 6. The molecule has 0 bridgehead atoms. The largest absolute Gasteiger partial charge is 0.416 e. The molecule has 1 aliphatic rings. The molecule has 36 heavy (non-hydrogen) atoms. The van der Waals surface area contributed by atoms with Crippen LogP contribution in [-0.2, 0) is 25.7 Å². The predicted octanol–water partition coefficient (Wildman–Crippen LogP) is 3.57. The zero-order valence-electron chi connectivity index (χ0n) is 18.7. The van der Waals surface area contributed by atoms with Gasteiger partial charge in [0.2, 0.25) is 17.4 Å². The summed E-state index contributed by atoms with van der Waals surface area (Å²) in [6.45, 7) is 1.23. The van der Waals surface area contributed by atoms with Crippen molar-refractivity contribution in [1.29, 1.82) is 0 Å². The van der Waals surface area contributed by atoms with E-state index in [0.29, 0.717) is 18.0 Å². The van der Waals surface area contributed by atoms with Crippen LogP contribution in [0.1, 0.15) is 22.6 Å². The van der Waals surface area contributed by atoms with Crippen molar-refractivity contribution in [1.82, 2.24) is 29.3 Å². The van der Waals surface area contributed by atoms with Gasteiger partial charge >= 0.3 is 11.9 Å². The average molecular weight is 493 g/mol. The molecule has 0 aliphatic carbocycles. The quantitative estimate of drug-likeness (QED) is 0.378. The molecule has 0 unspecified atom stereocenters. The van der Waals surface area contributed by atoms with Crippen LogP contribution >= 0.6 is 0 Å². The lowest BCUT2D eigenvalue weighted by Crippen LogP contribution is -2.31. The number of hydrogen-bond donors (Lipinski definition) is 0. The van der Waals surface area contributed by atoms with E-state index in [-0.39, 0.29) is 23.8 Å². The molecule has 9 nitrogen and oxygen atoms in total. The van der Waals surface area contributed by atoms with Gasteiger partial charge in [0.25, 0.3) is 0 Å². The van der Waals surface area contributed by atoms with Crippen molar-refractivity contribution >= 4 is 11.5 Å². The third kappa shape index (κ3) is 3.89. The van der Waals surface area contributed by atoms with Gasteiger partial charge in [0.15, 0.2) is 5.82 Å². The molecule has 0 saturated heterocycles. The summed E-state index contributed by atoms with van der Waals surface area (Å²) in [4.78, 5) is 23.7. The molecule has 0 spiro atoms. The lowest BCUT2D eigenvalue weighted by molar-refractivity contribution is -0.137. The fourth-order valence-corrected chi connectivity index (χ4v) is 4.34. The van der Waals surface area contributed by atoms with E-state index in [1.165, 1.54) is 38.5 Å². The number of rotatable bonds is 4. The van der Waals surface area contributed by atoms with Crippen LogP contribution < -0.4 is 10.6 Å². The molecule has 1 aliphatic heterocycles. The maximum absolute atomic E-state index is 13.0. The predicted molar refractivity (Wildman–Crippen MR) is 122 cm³/mol. The Hall–Kier alpha value is -4.48. The van der Waals surface area contributed by atoms with E-state index in [4.69, 9.17) is 4.52 Å². The van der Waals surface area contributed by atoms with Crippen molar-refractivity contribution in [3.63, 3.8) is 0 Å². The summed E-state index contributed by atoms with van der Waals surface area (Å²) < 4.78 is 46.9. The van der Waals surface area contributed by atoms with Crippen molar-refractivity contribution in [2.75, 3.05) is 11.4 Å². The van der Waals surface area contributed by atoms with E-state index in [9.17, 15) is 18.0 Å². The Balaban J connectivity index is 1.29. The summed E-state index contributed by atoms with van der Waals surface area (Å²) >= 11 is 0. The topological polar surface area (TPSA) is 94.3 Å². The summed E-state index contributed by atoms with van der Waals surface area (Å²) in [5.41, 5.74) is 1.78. The molecule has 3 aromatic heterocycles. The minimum atomic E-state index is -4.49. The van der Waals surface area contributed by atoms with E-state index in [0.717, 1.165) is 25.1 Å². The summed E-state index contributed by atoms with van der Waals surface area (Å²) in [5.74, 6) is 0.606. The van der Waals surface area contributed by atoms with Gasteiger partial charge in [-0.3, -0.25) is 0 Å². The molecule has 4 heterocycles. The lowest BCUT2D eigenvalue weighted by Gasteiger charge is -2.29. The molecule has 0 atom stereocenters. The van der Waals surface area contributed by atoms with E-state index < -0.39 is 17.4 Å². The minimum Gasteiger partial charge on any atom is -0.349 e. The first-order chi connectivity index (χ1) is 17.4. The zero-order chi connectivity index (χ0) is 24.9. The van der Waals surface area contributed by atoms with Crippen LogP contribution in [0.4, 0.5) is 19.0 Å². The molecular formula is C24H18F3N7O2. The number of benzene rings is 2. The van der Waals surface area contributed by atoms with Gasteiger partial charge in [0.1, 0.15) is 6.54 Å². The molecule has 0 amide bonds. The van der Waals surface area contributed by atoms with Crippen molar-refractivity contribution in [3.05, 3.63) is 94.0 Å². The first-order valence-corrected chi connectivity index (χ1v) is 11.1. The van der Waals surface area contributed by atoms with Crippen molar-refractivity contribution in [2.45, 2.75) is 25.7 Å². The monoisotopic (exact) mass is 493 g/mol. The normalized spacial score (nSPS) is 13.8. The van der Waals surface area contributed by atoms with Crippen LogP contribution in [0.5, 0.6) is 0 Å². The van der Waals surface area contributed by atoms with Crippen LogP contribution in [0.3, 0.4) is 0 Å². The maximum atomic E-state index is 13.0. The van der Waals surface area contributed by atoms with Gasteiger partial charge in [-0.25, -0.2) is 18.9 Å². The third-order valence-corrected chi connectivity index (χ3v) is 6.11. The van der Waals surface area contributed by atoms with Crippen molar-refractivity contribution in [2.24, 2.45) is 0 Å². The van der Waals surface area contributed by atoms with Gasteiger partial charge in [0, 0.05) is 31.0 Å². The molecule has 6 rings (SSSR count). The first kappa shape index (κ1) is 22.0. The molecule has 0 radical (unpaired) electrons. The van der Waals surface area contributed by atoms with E-state index in [1.54, 1.807) is 6.20 Å². The van der Waals surface area contributed by atoms with Gasteiger partial charge in [0.05, 0.1) is 5.56 Å². The standard InChI is InChI=1S/C24H18F3N7O2/c25-24(26,27)18-7-3-6-16(12-18)20-29-19(36-31-20)14-34-23(35)33-11-9-28-21(22(33)30-34)32-10-8-15-4-1-2-5-17(15)13-32/h1-7,9,11-12H,8,10,13-14H2. The smallest absolute Gasteiger partial charge is 0.349 e. The van der Waals surface area contributed by atoms with E-state index in [1.807, 2.05) is 12.1 Å². The number of nitrogens with zero attached hydrogens (tertiary/aromatic N) is 7. The number of fused-ring (bicyclic) bond motifs is 2. The highest BCUT2D eigenvalue weighted by molar-refractivity contribution is 5.64. The molecule has 182 valence electrons. The third-order valence-electron chi connectivity index (χ3n) is 6.11. The van der Waals surface area contributed by atoms with Gasteiger partial charge in [-0.2, -0.15) is 18.2 Å². The van der Waals surface area contributed by atoms with Crippen LogP contribution in [0.25, 0.3) is 17.0 Å². The summed E-state index contributed by atoms with van der Waals surface area (Å²) in [6, 6.07) is 12.8. The molecule has 0 N–H and O–H groups in total. The summed E-state index contributed by atoms with van der Waals surface area (Å²) in [5, 5.41) is 8.23. The Morgan fingerprint density at radius 1 is 1.06 bits per heavy atom. The number of anilines is 1. The second-order valence-corrected chi connectivity index (χ2v) is 8.42. The van der Waals surface area contributed by atoms with Gasteiger partial charge in [-0.05, 0) is 29.7 Å². The van der Waals surface area contributed by atoms with Crippen LogP contribution in [0.15, 0.2) is 70.2 Å². The Morgan fingerprint density at radius 2 is 1.89 bits per heavy atom. The average Bonchev–Trinajstić information content (AvgIpc) is 3.48. The number of alkyl halides is 3. The van der Waals surface area contributed by atoms with Gasteiger partial charge in [-0.15, -0.1) is 5.10 Å². The number of hydrogen-bond acceptors (Lipinski definition) is 7. The molecule has 5 aromatic rings. The molecule has 2 aromatic carbocycles. The fraction of sp³-hybridized carbons (Fsp3) is 0.208. The van der Waals surface area contributed by atoms with Gasteiger partial charge < -0.3 is 9.42 Å².